The summed E-state index contributed by atoms with van der Waals surface area (Å²) in [5, 5.41) is 2.70. The third kappa shape index (κ3) is 6.40. The molecule has 0 aliphatic carbocycles. The highest BCUT2D eigenvalue weighted by Gasteiger charge is 2.03. The van der Waals surface area contributed by atoms with Gasteiger partial charge in [-0.15, -0.1) is 0 Å². The van der Waals surface area contributed by atoms with Crippen LogP contribution in [0.15, 0.2) is 11.6 Å². The maximum Gasteiger partial charge on any atom is 0.216 e. The van der Waals surface area contributed by atoms with Crippen molar-refractivity contribution in [3.8, 4) is 0 Å². The molecule has 0 heterocycles. The van der Waals surface area contributed by atoms with Crippen molar-refractivity contribution in [3.05, 3.63) is 11.6 Å². The molecule has 0 saturated heterocycles. The fraction of sp³-hybridized carbons (Fsp3) is 0.556. The van der Waals surface area contributed by atoms with Gasteiger partial charge in [0.25, 0.3) is 0 Å². The summed E-state index contributed by atoms with van der Waals surface area (Å²) in [4.78, 5) is 21.7. The van der Waals surface area contributed by atoms with Crippen molar-refractivity contribution in [3.63, 3.8) is 0 Å². The fourth-order valence-corrected chi connectivity index (χ4v) is 1.34. The first-order valence-electron chi connectivity index (χ1n) is 4.12. The van der Waals surface area contributed by atoms with Gasteiger partial charge in [0, 0.05) is 19.2 Å². The molecule has 74 valence electrons. The maximum absolute atomic E-state index is 11.2. The number of carbonyl (C=O) groups excluding carboxylic acids is 2. The van der Waals surface area contributed by atoms with E-state index in [4.69, 9.17) is 0 Å². The molecule has 0 aliphatic heterocycles. The number of carbonyl (C=O) groups is 2. The van der Waals surface area contributed by atoms with Crippen molar-refractivity contribution in [2.24, 2.45) is 0 Å². The second-order valence-electron chi connectivity index (χ2n) is 2.59. The van der Waals surface area contributed by atoms with Crippen LogP contribution in [0.5, 0.6) is 0 Å². The van der Waals surface area contributed by atoms with Gasteiger partial charge < -0.3 is 5.32 Å². The van der Waals surface area contributed by atoms with Gasteiger partial charge >= 0.3 is 0 Å². The molecule has 1 amide bonds. The minimum atomic E-state index is -0.0594. The van der Waals surface area contributed by atoms with Crippen molar-refractivity contribution in [2.75, 3.05) is 12.3 Å². The minimum Gasteiger partial charge on any atom is -0.356 e. The highest BCUT2D eigenvalue weighted by molar-refractivity contribution is 8.14. The van der Waals surface area contributed by atoms with Crippen LogP contribution in [0, 0.1) is 0 Å². The molecule has 0 unspecified atom stereocenters. The molecule has 3 nitrogen and oxygen atoms in total. The number of amides is 1. The van der Waals surface area contributed by atoms with Gasteiger partial charge in [-0.2, -0.15) is 0 Å². The fourth-order valence-electron chi connectivity index (χ4n) is 0.602. The number of thioether (sulfide) groups is 1. The van der Waals surface area contributed by atoms with E-state index in [9.17, 15) is 9.59 Å². The summed E-state index contributed by atoms with van der Waals surface area (Å²) in [5.74, 6) is 0.569. The van der Waals surface area contributed by atoms with E-state index < -0.39 is 0 Å². The first kappa shape index (κ1) is 12.2. The molecule has 0 radical (unpaired) electrons. The van der Waals surface area contributed by atoms with Crippen LogP contribution >= 0.6 is 11.8 Å². The molecular weight excluding hydrogens is 186 g/mol. The van der Waals surface area contributed by atoms with Crippen LogP contribution in [0.2, 0.25) is 0 Å². The van der Waals surface area contributed by atoms with Gasteiger partial charge in [0.05, 0.1) is 0 Å². The van der Waals surface area contributed by atoms with Crippen molar-refractivity contribution >= 4 is 22.8 Å². The monoisotopic (exact) mass is 201 g/mol. The van der Waals surface area contributed by atoms with Crippen LogP contribution in [0.1, 0.15) is 20.8 Å². The average molecular weight is 201 g/mol. The maximum atomic E-state index is 11.2. The van der Waals surface area contributed by atoms with E-state index in [1.165, 1.54) is 18.7 Å². The van der Waals surface area contributed by atoms with Gasteiger partial charge in [0.2, 0.25) is 11.0 Å². The third-order valence-electron chi connectivity index (χ3n) is 1.46. The van der Waals surface area contributed by atoms with E-state index >= 15 is 0 Å². The summed E-state index contributed by atoms with van der Waals surface area (Å²) in [7, 11) is 0. The topological polar surface area (TPSA) is 46.2 Å². The summed E-state index contributed by atoms with van der Waals surface area (Å²) in [6.07, 6.45) is 1.79. The van der Waals surface area contributed by atoms with Gasteiger partial charge in [0.15, 0.2) is 0 Å². The Bertz CT molecular complexity index is 224. The molecule has 0 atom stereocenters. The highest BCUT2D eigenvalue weighted by atomic mass is 32.2. The van der Waals surface area contributed by atoms with E-state index in [0.29, 0.717) is 12.3 Å². The van der Waals surface area contributed by atoms with Crippen LogP contribution in [-0.2, 0) is 9.59 Å². The molecule has 0 saturated carbocycles. The van der Waals surface area contributed by atoms with Gasteiger partial charge in [-0.25, -0.2) is 0 Å². The van der Waals surface area contributed by atoms with E-state index in [2.05, 4.69) is 5.32 Å². The summed E-state index contributed by atoms with van der Waals surface area (Å²) in [5.41, 5.74) is 0.757. The summed E-state index contributed by atoms with van der Waals surface area (Å²) in [6.45, 7) is 5.63. The Morgan fingerprint density at radius 2 is 2.00 bits per heavy atom. The zero-order valence-corrected chi connectivity index (χ0v) is 9.03. The smallest absolute Gasteiger partial charge is 0.216 e. The standard InChI is InChI=1S/C9H15NO2S/c1-4-7(2)9(12)13-6-5-10-8(3)11/h4H,5-6H2,1-3H3,(H,10,11)/b7-4+. The van der Waals surface area contributed by atoms with Crippen LogP contribution < -0.4 is 5.32 Å². The van der Waals surface area contributed by atoms with E-state index in [-0.39, 0.29) is 11.0 Å². The third-order valence-corrected chi connectivity index (χ3v) is 2.46. The van der Waals surface area contributed by atoms with Gasteiger partial charge in [0.1, 0.15) is 0 Å². The van der Waals surface area contributed by atoms with Crippen molar-refractivity contribution in [1.29, 1.82) is 0 Å². The summed E-state index contributed by atoms with van der Waals surface area (Å²) >= 11 is 1.23. The zero-order chi connectivity index (χ0) is 10.3. The van der Waals surface area contributed by atoms with Crippen LogP contribution in [0.3, 0.4) is 0 Å². The molecule has 0 aromatic carbocycles. The Hall–Kier alpha value is -0.770. The predicted molar refractivity (Wildman–Crippen MR) is 55.6 cm³/mol. The molecule has 0 bridgehead atoms. The number of hydrogen-bond acceptors (Lipinski definition) is 3. The van der Waals surface area contributed by atoms with Crippen LogP contribution in [0.25, 0.3) is 0 Å². The lowest BCUT2D eigenvalue weighted by Crippen LogP contribution is -2.22. The SMILES string of the molecule is C/C=C(\C)C(=O)SCCNC(C)=O. The molecule has 0 fully saturated rings. The Labute approximate surface area is 83.0 Å². The average Bonchev–Trinajstić information content (AvgIpc) is 2.10. The summed E-state index contributed by atoms with van der Waals surface area (Å²) in [6, 6.07) is 0. The number of hydrogen-bond donors (Lipinski definition) is 1. The van der Waals surface area contributed by atoms with Crippen LogP contribution in [0.4, 0.5) is 0 Å². The molecule has 1 N–H and O–H groups in total. The number of rotatable bonds is 4. The summed E-state index contributed by atoms with van der Waals surface area (Å²) < 4.78 is 0. The Kier molecular flexibility index (Phi) is 6.32. The van der Waals surface area contributed by atoms with E-state index in [1.54, 1.807) is 13.0 Å². The van der Waals surface area contributed by atoms with Crippen molar-refractivity contribution in [2.45, 2.75) is 20.8 Å². The second kappa shape index (κ2) is 6.71. The van der Waals surface area contributed by atoms with Crippen LogP contribution in [-0.4, -0.2) is 23.3 Å². The lowest BCUT2D eigenvalue weighted by Gasteiger charge is -2.01. The molecule has 0 aliphatic rings. The molecule has 4 heteroatoms. The Balaban J connectivity index is 3.54. The number of allylic oxidation sites excluding steroid dienone is 1. The largest absolute Gasteiger partial charge is 0.356 e. The molecule has 0 rings (SSSR count). The normalized spacial score (nSPS) is 11.2. The molecule has 13 heavy (non-hydrogen) atoms. The zero-order valence-electron chi connectivity index (χ0n) is 8.22. The lowest BCUT2D eigenvalue weighted by molar-refractivity contribution is -0.118. The Morgan fingerprint density at radius 1 is 1.38 bits per heavy atom. The van der Waals surface area contributed by atoms with Gasteiger partial charge in [-0.05, 0) is 19.4 Å². The molecule has 0 aromatic rings. The number of nitrogens with one attached hydrogen (secondary N) is 1. The van der Waals surface area contributed by atoms with Crippen molar-refractivity contribution < 1.29 is 9.59 Å². The quantitative estimate of drug-likeness (QED) is 0.551. The minimum absolute atomic E-state index is 0.0594. The first-order valence-corrected chi connectivity index (χ1v) is 5.11. The molecule has 0 aromatic heterocycles. The second-order valence-corrected chi connectivity index (χ2v) is 3.66. The first-order chi connectivity index (χ1) is 6.07. The lowest BCUT2D eigenvalue weighted by atomic mass is 10.3. The highest BCUT2D eigenvalue weighted by Crippen LogP contribution is 2.08. The molecule has 0 spiro atoms. The van der Waals surface area contributed by atoms with Gasteiger partial charge in [-0.1, -0.05) is 17.8 Å². The van der Waals surface area contributed by atoms with Crippen molar-refractivity contribution in [1.82, 2.24) is 5.32 Å². The Morgan fingerprint density at radius 3 is 2.46 bits per heavy atom. The van der Waals surface area contributed by atoms with E-state index in [0.717, 1.165) is 5.57 Å². The molecular formula is C9H15NO2S. The van der Waals surface area contributed by atoms with E-state index in [1.807, 2.05) is 6.92 Å². The predicted octanol–water partition coefficient (Wildman–Crippen LogP) is 1.35. The van der Waals surface area contributed by atoms with Gasteiger partial charge in [-0.3, -0.25) is 9.59 Å².